The average Bonchev–Trinajstić information content (AvgIpc) is 3.16. The lowest BCUT2D eigenvalue weighted by atomic mass is 9.97. The SMILES string of the molecule is C=Cc1ccccc1N(C(=O)C(N)Cc1c[nH]c2ccccc12)C(CC(C)C)C(N)=O.Cl. The van der Waals surface area contributed by atoms with Gasteiger partial charge in [0.05, 0.1) is 11.7 Å². The number of nitrogens with one attached hydrogen (secondary N) is 1. The molecule has 32 heavy (non-hydrogen) atoms. The second-order valence-electron chi connectivity index (χ2n) is 8.19. The lowest BCUT2D eigenvalue weighted by Gasteiger charge is -2.34. The number of hydrogen-bond donors (Lipinski definition) is 3. The maximum atomic E-state index is 13.7. The van der Waals surface area contributed by atoms with Crippen molar-refractivity contribution in [2.45, 2.75) is 38.8 Å². The molecule has 0 saturated heterocycles. The molecule has 2 aromatic carbocycles. The molecule has 2 unspecified atom stereocenters. The highest BCUT2D eigenvalue weighted by Crippen LogP contribution is 2.28. The topological polar surface area (TPSA) is 105 Å². The van der Waals surface area contributed by atoms with E-state index in [0.29, 0.717) is 18.5 Å². The maximum absolute atomic E-state index is 13.7. The van der Waals surface area contributed by atoms with E-state index in [9.17, 15) is 9.59 Å². The molecule has 5 N–H and O–H groups in total. The van der Waals surface area contributed by atoms with Gasteiger partial charge < -0.3 is 16.5 Å². The standard InChI is InChI=1S/C25H30N4O2.ClH/c1-4-17-9-5-8-12-22(17)29(23(24(27)30)13-16(2)3)25(31)20(26)14-18-15-28-21-11-7-6-10-19(18)21;/h4-12,15-16,20,23,28H,1,13-14,26H2,2-3H3,(H2,27,30);1H. The van der Waals surface area contributed by atoms with E-state index >= 15 is 0 Å². The number of rotatable bonds is 9. The van der Waals surface area contributed by atoms with Crippen LogP contribution < -0.4 is 16.4 Å². The number of amides is 2. The van der Waals surface area contributed by atoms with E-state index < -0.39 is 18.0 Å². The van der Waals surface area contributed by atoms with Gasteiger partial charge in [0.25, 0.3) is 0 Å². The van der Waals surface area contributed by atoms with Gasteiger partial charge in [-0.05, 0) is 42.0 Å². The first-order valence-electron chi connectivity index (χ1n) is 10.5. The van der Waals surface area contributed by atoms with Crippen molar-refractivity contribution in [2.75, 3.05) is 4.90 Å². The number of nitrogens with zero attached hydrogens (tertiary/aromatic N) is 1. The molecular formula is C25H31ClN4O2. The van der Waals surface area contributed by atoms with Crippen molar-refractivity contribution in [3.8, 4) is 0 Å². The second-order valence-corrected chi connectivity index (χ2v) is 8.19. The quantitative estimate of drug-likeness (QED) is 0.454. The van der Waals surface area contributed by atoms with E-state index in [0.717, 1.165) is 22.0 Å². The monoisotopic (exact) mass is 454 g/mol. The molecule has 2 amide bonds. The van der Waals surface area contributed by atoms with Gasteiger partial charge in [0, 0.05) is 17.1 Å². The molecule has 6 nitrogen and oxygen atoms in total. The van der Waals surface area contributed by atoms with Gasteiger partial charge in [-0.1, -0.05) is 62.9 Å². The molecule has 0 aliphatic rings. The van der Waals surface area contributed by atoms with Crippen LogP contribution in [-0.2, 0) is 16.0 Å². The van der Waals surface area contributed by atoms with Crippen molar-refractivity contribution in [2.24, 2.45) is 17.4 Å². The predicted octanol–water partition coefficient (Wildman–Crippen LogP) is 4.04. The van der Waals surface area contributed by atoms with Crippen LogP contribution in [0.3, 0.4) is 0 Å². The van der Waals surface area contributed by atoms with E-state index in [1.807, 2.05) is 62.5 Å². The van der Waals surface area contributed by atoms with Crippen molar-refractivity contribution in [3.05, 3.63) is 72.4 Å². The smallest absolute Gasteiger partial charge is 0.245 e. The minimum absolute atomic E-state index is 0. The fraction of sp³-hybridized carbons (Fsp3) is 0.280. The number of primary amides is 1. The molecule has 0 radical (unpaired) electrons. The van der Waals surface area contributed by atoms with Crippen LogP contribution in [-0.4, -0.2) is 28.9 Å². The first-order chi connectivity index (χ1) is 14.8. The maximum Gasteiger partial charge on any atom is 0.245 e. The number of carbonyl (C=O) groups is 2. The number of aromatic nitrogens is 1. The van der Waals surface area contributed by atoms with E-state index in [4.69, 9.17) is 11.5 Å². The fourth-order valence-electron chi connectivity index (χ4n) is 3.92. The van der Waals surface area contributed by atoms with Crippen molar-refractivity contribution in [1.82, 2.24) is 4.98 Å². The third-order valence-electron chi connectivity index (χ3n) is 5.42. The summed E-state index contributed by atoms with van der Waals surface area (Å²) in [5, 5.41) is 1.03. The largest absolute Gasteiger partial charge is 0.368 e. The number of H-pyrrole nitrogens is 1. The number of benzene rings is 2. The first kappa shape index (κ1) is 25.2. The number of para-hydroxylation sites is 2. The molecule has 2 atom stereocenters. The Bertz CT molecular complexity index is 1090. The Hall–Kier alpha value is -3.09. The Balaban J connectivity index is 0.00000363. The molecule has 0 aliphatic heterocycles. The zero-order valence-corrected chi connectivity index (χ0v) is 19.3. The molecular weight excluding hydrogens is 424 g/mol. The Morgan fingerprint density at radius 3 is 2.44 bits per heavy atom. The summed E-state index contributed by atoms with van der Waals surface area (Å²) in [5.74, 6) is -0.738. The zero-order valence-electron chi connectivity index (χ0n) is 18.5. The van der Waals surface area contributed by atoms with Gasteiger partial charge in [0.15, 0.2) is 0 Å². The number of anilines is 1. The molecule has 0 spiro atoms. The van der Waals surface area contributed by atoms with Gasteiger partial charge in [-0.3, -0.25) is 14.5 Å². The summed E-state index contributed by atoms with van der Waals surface area (Å²) in [5.41, 5.74) is 15.4. The van der Waals surface area contributed by atoms with E-state index in [-0.39, 0.29) is 24.2 Å². The first-order valence-corrected chi connectivity index (χ1v) is 10.5. The number of aromatic amines is 1. The summed E-state index contributed by atoms with van der Waals surface area (Å²) in [6.07, 6.45) is 4.31. The van der Waals surface area contributed by atoms with Crippen LogP contribution in [0.4, 0.5) is 5.69 Å². The highest BCUT2D eigenvalue weighted by Gasteiger charge is 2.34. The van der Waals surface area contributed by atoms with Crippen LogP contribution in [0.25, 0.3) is 17.0 Å². The highest BCUT2D eigenvalue weighted by molar-refractivity contribution is 6.04. The van der Waals surface area contributed by atoms with Gasteiger partial charge in [0.1, 0.15) is 6.04 Å². The molecule has 0 saturated carbocycles. The summed E-state index contributed by atoms with van der Waals surface area (Å²) in [6.45, 7) is 7.83. The molecule has 0 aliphatic carbocycles. The molecule has 3 aromatic rings. The minimum Gasteiger partial charge on any atom is -0.368 e. The molecule has 3 rings (SSSR count). The molecule has 1 aromatic heterocycles. The highest BCUT2D eigenvalue weighted by atomic mass is 35.5. The molecule has 170 valence electrons. The van der Waals surface area contributed by atoms with Crippen LogP contribution >= 0.6 is 12.4 Å². The van der Waals surface area contributed by atoms with Crippen LogP contribution in [0.15, 0.2) is 61.3 Å². The van der Waals surface area contributed by atoms with E-state index in [1.54, 1.807) is 12.1 Å². The number of carbonyl (C=O) groups excluding carboxylic acids is 2. The van der Waals surface area contributed by atoms with E-state index in [1.165, 1.54) is 4.90 Å². The molecule has 7 heteroatoms. The van der Waals surface area contributed by atoms with Gasteiger partial charge in [-0.25, -0.2) is 0 Å². The van der Waals surface area contributed by atoms with Crippen LogP contribution in [0.2, 0.25) is 0 Å². The van der Waals surface area contributed by atoms with Gasteiger partial charge in [0.2, 0.25) is 11.8 Å². The number of halogens is 1. The zero-order chi connectivity index (χ0) is 22.5. The summed E-state index contributed by atoms with van der Waals surface area (Å²) < 4.78 is 0. The van der Waals surface area contributed by atoms with Crippen molar-refractivity contribution in [1.29, 1.82) is 0 Å². The Morgan fingerprint density at radius 1 is 1.12 bits per heavy atom. The number of fused-ring (bicyclic) bond motifs is 1. The minimum atomic E-state index is -0.842. The Kier molecular flexibility index (Phi) is 8.63. The van der Waals surface area contributed by atoms with Gasteiger partial charge in [-0.2, -0.15) is 0 Å². The summed E-state index contributed by atoms with van der Waals surface area (Å²) in [7, 11) is 0. The number of nitrogens with two attached hydrogens (primary N) is 2. The van der Waals surface area contributed by atoms with Crippen LogP contribution in [0, 0.1) is 5.92 Å². The molecule has 0 bridgehead atoms. The second kappa shape index (κ2) is 11.0. The van der Waals surface area contributed by atoms with E-state index in [2.05, 4.69) is 11.6 Å². The van der Waals surface area contributed by atoms with Gasteiger partial charge >= 0.3 is 0 Å². The Labute approximate surface area is 195 Å². The third-order valence-corrected chi connectivity index (χ3v) is 5.42. The predicted molar refractivity (Wildman–Crippen MR) is 134 cm³/mol. The normalized spacial score (nSPS) is 12.8. The Morgan fingerprint density at radius 2 is 1.78 bits per heavy atom. The van der Waals surface area contributed by atoms with Gasteiger partial charge in [-0.15, -0.1) is 12.4 Å². The molecule has 1 heterocycles. The molecule has 0 fully saturated rings. The van der Waals surface area contributed by atoms with Crippen molar-refractivity contribution < 1.29 is 9.59 Å². The third kappa shape index (κ3) is 5.39. The average molecular weight is 455 g/mol. The summed E-state index contributed by atoms with van der Waals surface area (Å²) in [4.78, 5) is 30.8. The van der Waals surface area contributed by atoms with Crippen LogP contribution in [0.5, 0.6) is 0 Å². The fourth-order valence-corrected chi connectivity index (χ4v) is 3.92. The summed E-state index contributed by atoms with van der Waals surface area (Å²) >= 11 is 0. The summed E-state index contributed by atoms with van der Waals surface area (Å²) in [6, 6.07) is 13.5. The lowest BCUT2D eigenvalue weighted by molar-refractivity contribution is -0.125. The number of hydrogen-bond acceptors (Lipinski definition) is 3. The van der Waals surface area contributed by atoms with Crippen molar-refractivity contribution in [3.63, 3.8) is 0 Å². The lowest BCUT2D eigenvalue weighted by Crippen LogP contribution is -2.54. The van der Waals surface area contributed by atoms with Crippen molar-refractivity contribution >= 4 is 46.9 Å². The van der Waals surface area contributed by atoms with Crippen LogP contribution in [0.1, 0.15) is 31.4 Å².